The lowest BCUT2D eigenvalue weighted by molar-refractivity contribution is -0.174. The summed E-state index contributed by atoms with van der Waals surface area (Å²) >= 11 is 0. The minimum atomic E-state index is -0.237. The normalized spacial score (nSPS) is 45.7. The number of aryl methyl sites for hydroxylation is 1. The number of aromatic nitrogens is 2. The molecule has 6 heteroatoms. The summed E-state index contributed by atoms with van der Waals surface area (Å²) in [6.45, 7) is 9.00. The van der Waals surface area contributed by atoms with Crippen LogP contribution in [0.5, 0.6) is 0 Å². The number of aliphatic hydroxyl groups excluding tert-OH is 2. The Labute approximate surface area is 197 Å². The first-order chi connectivity index (χ1) is 15.6. The third kappa shape index (κ3) is 3.80. The molecular formula is C27H42N2O4. The van der Waals surface area contributed by atoms with Crippen molar-refractivity contribution in [1.29, 1.82) is 0 Å². The minimum absolute atomic E-state index is 0.0491. The van der Waals surface area contributed by atoms with Crippen LogP contribution in [0.15, 0.2) is 4.52 Å². The highest BCUT2D eigenvalue weighted by atomic mass is 16.5. The van der Waals surface area contributed by atoms with Gasteiger partial charge >= 0.3 is 0 Å². The van der Waals surface area contributed by atoms with Crippen molar-refractivity contribution >= 4 is 5.78 Å². The molecule has 4 aliphatic rings. The van der Waals surface area contributed by atoms with Gasteiger partial charge in [-0.05, 0) is 111 Å². The first-order valence-electron chi connectivity index (χ1n) is 13.3. The third-order valence-electron chi connectivity index (χ3n) is 11.0. The van der Waals surface area contributed by atoms with Crippen molar-refractivity contribution in [2.45, 2.75) is 104 Å². The number of ketones is 1. The number of fused-ring (bicyclic) bond motifs is 5. The molecule has 10 atom stereocenters. The second-order valence-corrected chi connectivity index (χ2v) is 12.5. The van der Waals surface area contributed by atoms with Gasteiger partial charge in [0, 0.05) is 6.42 Å². The zero-order valence-electron chi connectivity index (χ0n) is 20.8. The molecule has 0 amide bonds. The minimum Gasteiger partial charge on any atom is -0.393 e. The highest BCUT2D eigenvalue weighted by molar-refractivity contribution is 5.91. The molecular weight excluding hydrogens is 416 g/mol. The molecule has 0 unspecified atom stereocenters. The van der Waals surface area contributed by atoms with Gasteiger partial charge in [-0.1, -0.05) is 25.9 Å². The van der Waals surface area contributed by atoms with Crippen LogP contribution >= 0.6 is 0 Å². The van der Waals surface area contributed by atoms with Gasteiger partial charge < -0.3 is 14.7 Å². The second-order valence-electron chi connectivity index (χ2n) is 12.5. The van der Waals surface area contributed by atoms with Crippen LogP contribution < -0.4 is 0 Å². The fourth-order valence-corrected chi connectivity index (χ4v) is 9.25. The molecule has 1 heterocycles. The van der Waals surface area contributed by atoms with Crippen molar-refractivity contribution in [1.82, 2.24) is 10.1 Å². The van der Waals surface area contributed by atoms with E-state index >= 15 is 0 Å². The Balaban J connectivity index is 1.29. The summed E-state index contributed by atoms with van der Waals surface area (Å²) in [5.41, 5.74) is 0.506. The molecule has 6 nitrogen and oxygen atoms in total. The summed E-state index contributed by atoms with van der Waals surface area (Å²) in [7, 11) is 0. The molecule has 1 aromatic heterocycles. The van der Waals surface area contributed by atoms with E-state index in [9.17, 15) is 15.0 Å². The summed E-state index contributed by atoms with van der Waals surface area (Å²) in [5.74, 6) is 3.63. The summed E-state index contributed by atoms with van der Waals surface area (Å²) in [4.78, 5) is 16.6. The maximum atomic E-state index is 12.5. The zero-order valence-corrected chi connectivity index (χ0v) is 20.8. The van der Waals surface area contributed by atoms with Crippen LogP contribution in [-0.4, -0.2) is 38.3 Å². The number of rotatable bonds is 5. The molecule has 0 spiro atoms. The predicted octanol–water partition coefficient (Wildman–Crippen LogP) is 4.97. The molecule has 2 N–H and O–H groups in total. The van der Waals surface area contributed by atoms with Gasteiger partial charge in [-0.25, -0.2) is 0 Å². The van der Waals surface area contributed by atoms with Crippen LogP contribution in [0.2, 0.25) is 0 Å². The number of carbonyl (C=O) groups excluding carboxylic acids is 1. The average Bonchev–Trinajstić information content (AvgIpc) is 3.36. The first kappa shape index (κ1) is 23.5. The molecule has 0 aromatic carbocycles. The lowest BCUT2D eigenvalue weighted by Crippen LogP contribution is -2.58. The van der Waals surface area contributed by atoms with Gasteiger partial charge in [0.15, 0.2) is 5.82 Å². The summed E-state index contributed by atoms with van der Waals surface area (Å²) < 4.78 is 5.07. The van der Waals surface area contributed by atoms with Crippen LogP contribution in [0.1, 0.15) is 101 Å². The topological polar surface area (TPSA) is 96.5 Å². The van der Waals surface area contributed by atoms with E-state index in [1.807, 2.05) is 0 Å². The van der Waals surface area contributed by atoms with Crippen molar-refractivity contribution in [2.75, 3.05) is 0 Å². The molecule has 1 aromatic rings. The molecule has 4 fully saturated rings. The van der Waals surface area contributed by atoms with E-state index in [4.69, 9.17) is 4.52 Å². The Morgan fingerprint density at radius 1 is 1.09 bits per heavy atom. The molecule has 4 saturated carbocycles. The van der Waals surface area contributed by atoms with E-state index in [0.29, 0.717) is 47.8 Å². The second kappa shape index (κ2) is 8.44. The van der Waals surface area contributed by atoms with E-state index in [-0.39, 0.29) is 34.7 Å². The molecule has 184 valence electrons. The number of hydrogen-bond donors (Lipinski definition) is 2. The van der Waals surface area contributed by atoms with Crippen LogP contribution in [0, 0.1) is 53.3 Å². The van der Waals surface area contributed by atoms with Gasteiger partial charge in [0.1, 0.15) is 0 Å². The van der Waals surface area contributed by atoms with Crippen LogP contribution in [0.4, 0.5) is 0 Å². The SMILES string of the molecule is Cc1noc(C(=O)CC[C@@H](C)[C@H]2CC[C@H]3[C@@H]4[C@@H](O)C[C@@H]5C[C@H](O)CC[C@]5(C)[C@H]4CC[C@]23C)n1. The fourth-order valence-electron chi connectivity index (χ4n) is 9.25. The predicted molar refractivity (Wildman–Crippen MR) is 124 cm³/mol. The maximum Gasteiger partial charge on any atom is 0.293 e. The average molecular weight is 459 g/mol. The van der Waals surface area contributed by atoms with Crippen molar-refractivity contribution < 1.29 is 19.5 Å². The van der Waals surface area contributed by atoms with Gasteiger partial charge in [-0.3, -0.25) is 4.79 Å². The van der Waals surface area contributed by atoms with Gasteiger partial charge in [0.05, 0.1) is 12.2 Å². The first-order valence-corrected chi connectivity index (χ1v) is 13.3. The van der Waals surface area contributed by atoms with Crippen molar-refractivity contribution in [2.24, 2.45) is 46.3 Å². The standard InChI is InChI=1S/C27H42N2O4/c1-15(5-8-22(31)25-28-16(2)29-33-25)19-6-7-20-24-21(10-12-27(19,20)4)26(3)11-9-18(30)13-17(26)14-23(24)32/h15,17-21,23-24,30,32H,5-14H2,1-4H3/t15-,17+,18-,19-,20+,21+,23+,24+,26+,27-/m1/s1. The van der Waals surface area contributed by atoms with Gasteiger partial charge in [0.2, 0.25) is 5.78 Å². The highest BCUT2D eigenvalue weighted by Crippen LogP contribution is 2.68. The summed E-state index contributed by atoms with van der Waals surface area (Å²) in [6.07, 6.45) is 9.45. The lowest BCUT2D eigenvalue weighted by Gasteiger charge is -2.62. The Kier molecular flexibility index (Phi) is 6.00. The van der Waals surface area contributed by atoms with E-state index in [1.165, 1.54) is 25.7 Å². The maximum absolute atomic E-state index is 12.5. The Morgan fingerprint density at radius 2 is 1.82 bits per heavy atom. The molecule has 5 rings (SSSR count). The number of hydrogen-bond acceptors (Lipinski definition) is 6. The highest BCUT2D eigenvalue weighted by Gasteiger charge is 2.62. The molecule has 4 aliphatic carbocycles. The molecule has 0 saturated heterocycles. The van der Waals surface area contributed by atoms with Crippen molar-refractivity contribution in [3.05, 3.63) is 11.7 Å². The number of nitrogens with zero attached hydrogens (tertiary/aromatic N) is 2. The zero-order chi connectivity index (χ0) is 23.5. The quantitative estimate of drug-likeness (QED) is 0.605. The molecule has 0 bridgehead atoms. The molecule has 0 radical (unpaired) electrons. The monoisotopic (exact) mass is 458 g/mol. The third-order valence-corrected chi connectivity index (χ3v) is 11.0. The molecule has 0 aliphatic heterocycles. The Bertz CT molecular complexity index is 885. The number of Topliss-reactive ketones (excluding diaryl/α,β-unsaturated/α-hetero) is 1. The summed E-state index contributed by atoms with van der Waals surface area (Å²) in [5, 5.41) is 25.4. The van der Waals surface area contributed by atoms with Crippen molar-refractivity contribution in [3.8, 4) is 0 Å². The summed E-state index contributed by atoms with van der Waals surface area (Å²) in [6, 6.07) is 0. The fraction of sp³-hybridized carbons (Fsp3) is 0.889. The number of aliphatic hydroxyl groups is 2. The van der Waals surface area contributed by atoms with Gasteiger partial charge in [0.25, 0.3) is 5.89 Å². The van der Waals surface area contributed by atoms with Gasteiger partial charge in [-0.2, -0.15) is 4.98 Å². The smallest absolute Gasteiger partial charge is 0.293 e. The van der Waals surface area contributed by atoms with E-state index in [1.54, 1.807) is 6.92 Å². The van der Waals surface area contributed by atoms with Crippen LogP contribution in [0.25, 0.3) is 0 Å². The van der Waals surface area contributed by atoms with E-state index in [2.05, 4.69) is 30.9 Å². The Morgan fingerprint density at radius 3 is 2.55 bits per heavy atom. The lowest BCUT2D eigenvalue weighted by atomic mass is 9.43. The number of carbonyl (C=O) groups is 1. The van der Waals surface area contributed by atoms with Gasteiger partial charge in [-0.15, -0.1) is 0 Å². The Hall–Kier alpha value is -1.27. The van der Waals surface area contributed by atoms with E-state index in [0.717, 1.165) is 32.1 Å². The van der Waals surface area contributed by atoms with E-state index < -0.39 is 0 Å². The van der Waals surface area contributed by atoms with Crippen molar-refractivity contribution in [3.63, 3.8) is 0 Å². The molecule has 33 heavy (non-hydrogen) atoms. The van der Waals surface area contributed by atoms with Crippen LogP contribution in [0.3, 0.4) is 0 Å². The van der Waals surface area contributed by atoms with Crippen LogP contribution in [-0.2, 0) is 0 Å². The largest absolute Gasteiger partial charge is 0.393 e.